The summed E-state index contributed by atoms with van der Waals surface area (Å²) in [4.78, 5) is 12.7. The largest absolute Gasteiger partial charge is 0.497 e. The number of nitrogens with one attached hydrogen (secondary N) is 1. The molecule has 1 amide bonds. The second-order valence-corrected chi connectivity index (χ2v) is 8.36. The number of hydrogen-bond acceptors (Lipinski definition) is 4. The van der Waals surface area contributed by atoms with Crippen molar-refractivity contribution in [2.24, 2.45) is 0 Å². The number of nitrogens with zero attached hydrogens (tertiary/aromatic N) is 1. The van der Waals surface area contributed by atoms with Crippen molar-refractivity contribution < 1.29 is 17.9 Å². The van der Waals surface area contributed by atoms with Crippen molar-refractivity contribution in [2.45, 2.75) is 32.1 Å². The van der Waals surface area contributed by atoms with E-state index in [2.05, 4.69) is 5.32 Å². The third-order valence-electron chi connectivity index (χ3n) is 4.66. The lowest BCUT2D eigenvalue weighted by atomic mass is 10.1. The van der Waals surface area contributed by atoms with Gasteiger partial charge in [0.1, 0.15) is 5.75 Å². The van der Waals surface area contributed by atoms with Gasteiger partial charge in [0.15, 0.2) is 0 Å². The van der Waals surface area contributed by atoms with Crippen LogP contribution in [0.2, 0.25) is 0 Å². The molecule has 0 saturated carbocycles. The molecule has 0 aromatic heterocycles. The molecular formula is C21H28N2O4S. The Morgan fingerprint density at radius 3 is 2.29 bits per heavy atom. The van der Waals surface area contributed by atoms with Crippen molar-refractivity contribution in [2.75, 3.05) is 26.7 Å². The lowest BCUT2D eigenvalue weighted by molar-refractivity contribution is 0.0953. The first-order valence-corrected chi connectivity index (χ1v) is 10.8. The van der Waals surface area contributed by atoms with E-state index in [0.717, 1.165) is 16.9 Å². The third kappa shape index (κ3) is 5.11. The van der Waals surface area contributed by atoms with Gasteiger partial charge in [-0.25, -0.2) is 8.42 Å². The maximum atomic E-state index is 12.7. The number of benzene rings is 2. The Bertz CT molecular complexity index is 905. The summed E-state index contributed by atoms with van der Waals surface area (Å²) in [6, 6.07) is 12.4. The summed E-state index contributed by atoms with van der Waals surface area (Å²) in [6.45, 7) is 6.61. The van der Waals surface area contributed by atoms with Gasteiger partial charge in [-0.2, -0.15) is 4.31 Å². The minimum atomic E-state index is -3.60. The first-order chi connectivity index (χ1) is 13.3. The van der Waals surface area contributed by atoms with Crippen molar-refractivity contribution in [1.29, 1.82) is 0 Å². The molecule has 0 spiro atoms. The van der Waals surface area contributed by atoms with Crippen LogP contribution in [0, 0.1) is 6.92 Å². The molecule has 7 heteroatoms. The molecule has 2 aromatic carbocycles. The molecule has 0 bridgehead atoms. The maximum absolute atomic E-state index is 12.7. The zero-order chi connectivity index (χ0) is 20.7. The molecule has 152 valence electrons. The van der Waals surface area contributed by atoms with Gasteiger partial charge in [-0.1, -0.05) is 32.0 Å². The SMILES string of the molecule is CCN(CC)S(=O)(=O)c1ccc(C)c(C(=O)NCCc2ccc(OC)cc2)c1. The molecule has 0 fully saturated rings. The summed E-state index contributed by atoms with van der Waals surface area (Å²) < 4.78 is 31.9. The van der Waals surface area contributed by atoms with Crippen LogP contribution < -0.4 is 10.1 Å². The molecule has 2 rings (SSSR count). The molecule has 0 atom stereocenters. The fraction of sp³-hybridized carbons (Fsp3) is 0.381. The lowest BCUT2D eigenvalue weighted by Crippen LogP contribution is -2.31. The number of rotatable bonds is 9. The van der Waals surface area contributed by atoms with E-state index >= 15 is 0 Å². The first-order valence-electron chi connectivity index (χ1n) is 9.35. The zero-order valence-corrected chi connectivity index (χ0v) is 17.7. The second kappa shape index (κ2) is 9.71. The minimum Gasteiger partial charge on any atom is -0.497 e. The van der Waals surface area contributed by atoms with E-state index in [1.165, 1.54) is 10.4 Å². The fourth-order valence-corrected chi connectivity index (χ4v) is 4.41. The van der Waals surface area contributed by atoms with E-state index in [1.54, 1.807) is 40.0 Å². The van der Waals surface area contributed by atoms with Gasteiger partial charge in [-0.3, -0.25) is 4.79 Å². The molecule has 28 heavy (non-hydrogen) atoms. The molecule has 0 saturated heterocycles. The molecule has 0 radical (unpaired) electrons. The number of carbonyl (C=O) groups is 1. The predicted molar refractivity (Wildman–Crippen MR) is 110 cm³/mol. The van der Waals surface area contributed by atoms with Gasteiger partial charge in [0.05, 0.1) is 12.0 Å². The molecule has 6 nitrogen and oxygen atoms in total. The van der Waals surface area contributed by atoms with E-state index in [1.807, 2.05) is 24.3 Å². The quantitative estimate of drug-likeness (QED) is 0.697. The van der Waals surface area contributed by atoms with Gasteiger partial charge in [0.2, 0.25) is 10.0 Å². The number of methoxy groups -OCH3 is 1. The van der Waals surface area contributed by atoms with Crippen LogP contribution in [0.1, 0.15) is 35.3 Å². The van der Waals surface area contributed by atoms with Gasteiger partial charge in [-0.05, 0) is 48.7 Å². The Balaban J connectivity index is 2.10. The highest BCUT2D eigenvalue weighted by Crippen LogP contribution is 2.19. The average molecular weight is 405 g/mol. The van der Waals surface area contributed by atoms with Crippen LogP contribution in [0.25, 0.3) is 0 Å². The minimum absolute atomic E-state index is 0.141. The Morgan fingerprint density at radius 2 is 1.71 bits per heavy atom. The predicted octanol–water partition coefficient (Wildman–Crippen LogP) is 3.01. The number of sulfonamides is 1. The second-order valence-electron chi connectivity index (χ2n) is 6.42. The van der Waals surface area contributed by atoms with Gasteiger partial charge < -0.3 is 10.1 Å². The van der Waals surface area contributed by atoms with E-state index in [0.29, 0.717) is 31.6 Å². The summed E-state index contributed by atoms with van der Waals surface area (Å²) in [6.07, 6.45) is 0.673. The van der Waals surface area contributed by atoms with Gasteiger partial charge in [-0.15, -0.1) is 0 Å². The molecule has 0 heterocycles. The number of hydrogen-bond donors (Lipinski definition) is 1. The smallest absolute Gasteiger partial charge is 0.251 e. The summed E-state index contributed by atoms with van der Waals surface area (Å²) >= 11 is 0. The van der Waals surface area contributed by atoms with E-state index in [9.17, 15) is 13.2 Å². The Labute approximate surface area is 167 Å². The third-order valence-corrected chi connectivity index (χ3v) is 6.70. The number of ether oxygens (including phenoxy) is 1. The highest BCUT2D eigenvalue weighted by atomic mass is 32.2. The fourth-order valence-electron chi connectivity index (χ4n) is 2.93. The van der Waals surface area contributed by atoms with Gasteiger partial charge >= 0.3 is 0 Å². The van der Waals surface area contributed by atoms with Crippen LogP contribution in [-0.4, -0.2) is 45.4 Å². The summed E-state index contributed by atoms with van der Waals surface area (Å²) in [5.74, 6) is 0.511. The summed E-state index contributed by atoms with van der Waals surface area (Å²) in [5, 5.41) is 2.87. The monoisotopic (exact) mass is 404 g/mol. The molecule has 0 unspecified atom stereocenters. The summed E-state index contributed by atoms with van der Waals surface area (Å²) in [7, 11) is -1.99. The number of amides is 1. The van der Waals surface area contributed by atoms with Crippen LogP contribution in [0.4, 0.5) is 0 Å². The van der Waals surface area contributed by atoms with Crippen molar-refractivity contribution in [3.05, 3.63) is 59.2 Å². The molecule has 0 aliphatic carbocycles. The lowest BCUT2D eigenvalue weighted by Gasteiger charge is -2.19. The van der Waals surface area contributed by atoms with Crippen molar-refractivity contribution in [3.8, 4) is 5.75 Å². The summed E-state index contributed by atoms with van der Waals surface area (Å²) in [5.41, 5.74) is 2.19. The molecular weight excluding hydrogens is 376 g/mol. The van der Waals surface area contributed by atoms with E-state index in [-0.39, 0.29) is 10.8 Å². The van der Waals surface area contributed by atoms with E-state index < -0.39 is 10.0 Å². The standard InChI is InChI=1S/C21H28N2O4S/c1-5-23(6-2)28(25,26)19-12-7-16(3)20(15-19)21(24)22-14-13-17-8-10-18(27-4)11-9-17/h7-12,15H,5-6,13-14H2,1-4H3,(H,22,24). The Kier molecular flexibility index (Phi) is 7.60. The van der Waals surface area contributed by atoms with Crippen LogP contribution in [0.15, 0.2) is 47.4 Å². The van der Waals surface area contributed by atoms with Crippen molar-refractivity contribution in [1.82, 2.24) is 9.62 Å². The van der Waals surface area contributed by atoms with E-state index in [4.69, 9.17) is 4.74 Å². The zero-order valence-electron chi connectivity index (χ0n) is 16.9. The topological polar surface area (TPSA) is 75.7 Å². The number of carbonyl (C=O) groups excluding carboxylic acids is 1. The first kappa shape index (κ1) is 21.9. The highest BCUT2D eigenvalue weighted by molar-refractivity contribution is 7.89. The van der Waals surface area contributed by atoms with Crippen LogP contribution in [0.3, 0.4) is 0 Å². The van der Waals surface area contributed by atoms with Crippen LogP contribution in [0.5, 0.6) is 5.75 Å². The highest BCUT2D eigenvalue weighted by Gasteiger charge is 2.23. The van der Waals surface area contributed by atoms with Crippen LogP contribution >= 0.6 is 0 Å². The average Bonchev–Trinajstić information content (AvgIpc) is 2.69. The molecule has 1 N–H and O–H groups in total. The van der Waals surface area contributed by atoms with Crippen molar-refractivity contribution >= 4 is 15.9 Å². The Hall–Kier alpha value is -2.38. The molecule has 2 aromatic rings. The molecule has 0 aliphatic heterocycles. The Morgan fingerprint density at radius 1 is 1.07 bits per heavy atom. The van der Waals surface area contributed by atoms with Crippen molar-refractivity contribution in [3.63, 3.8) is 0 Å². The van der Waals surface area contributed by atoms with Gasteiger partial charge in [0, 0.05) is 25.2 Å². The number of aryl methyl sites for hydroxylation is 1. The molecule has 0 aliphatic rings. The van der Waals surface area contributed by atoms with Crippen LogP contribution in [-0.2, 0) is 16.4 Å². The normalized spacial score (nSPS) is 11.5. The van der Waals surface area contributed by atoms with Gasteiger partial charge in [0.25, 0.3) is 5.91 Å². The maximum Gasteiger partial charge on any atom is 0.251 e.